The zero-order valence-corrected chi connectivity index (χ0v) is 11.2. The molecule has 0 spiro atoms. The largest absolute Gasteiger partial charge is 0.465 e. The molecule has 0 rings (SSSR count). The average Bonchev–Trinajstić information content (AvgIpc) is 1.95. The van der Waals surface area contributed by atoms with Gasteiger partial charge in [-0.15, -0.1) is 0 Å². The summed E-state index contributed by atoms with van der Waals surface area (Å²) in [5.74, 6) is 0. The van der Waals surface area contributed by atoms with Crippen molar-refractivity contribution in [3.8, 4) is 0 Å². The van der Waals surface area contributed by atoms with Crippen LogP contribution in [0.4, 0.5) is 4.79 Å². The smallest absolute Gasteiger partial charge is 0.400 e. The zero-order chi connectivity index (χ0) is 10.5. The predicted octanol–water partition coefficient (Wildman–Crippen LogP) is 1.23. The summed E-state index contributed by atoms with van der Waals surface area (Å²) in [5.41, 5.74) is 0. The van der Waals surface area contributed by atoms with Crippen molar-refractivity contribution in [3.63, 3.8) is 0 Å². The first kappa shape index (κ1) is 12.7. The summed E-state index contributed by atoms with van der Waals surface area (Å²) < 4.78 is 7.07. The van der Waals surface area contributed by atoms with Crippen LogP contribution in [0.5, 0.6) is 0 Å². The first-order chi connectivity index (χ1) is 5.87. The van der Waals surface area contributed by atoms with Crippen molar-refractivity contribution in [3.05, 3.63) is 0 Å². The van der Waals surface area contributed by atoms with Crippen LogP contribution in [0, 0.1) is 0 Å². The molecule has 0 saturated heterocycles. The van der Waals surface area contributed by atoms with Gasteiger partial charge in [-0.2, -0.15) is 0 Å². The van der Waals surface area contributed by atoms with Crippen molar-refractivity contribution in [2.45, 2.75) is 33.0 Å². The standard InChI is InChI=1S/C7H19NO3Si2/c1-5-6-8(7(9)10)12-11-13(2,3)4/h5-6,12H2,1-4H3,(H,9,10). The van der Waals surface area contributed by atoms with E-state index < -0.39 is 24.3 Å². The van der Waals surface area contributed by atoms with Crippen molar-refractivity contribution < 1.29 is 14.0 Å². The minimum absolute atomic E-state index is 0.603. The third kappa shape index (κ3) is 6.79. The van der Waals surface area contributed by atoms with Gasteiger partial charge in [0.05, 0.1) is 0 Å². The highest BCUT2D eigenvalue weighted by Gasteiger charge is 2.18. The van der Waals surface area contributed by atoms with E-state index in [-0.39, 0.29) is 0 Å². The Kier molecular flexibility index (Phi) is 5.27. The van der Waals surface area contributed by atoms with Gasteiger partial charge in [0, 0.05) is 6.54 Å². The van der Waals surface area contributed by atoms with Gasteiger partial charge in [-0.25, -0.2) is 4.79 Å². The van der Waals surface area contributed by atoms with Gasteiger partial charge < -0.3 is 13.8 Å². The van der Waals surface area contributed by atoms with Crippen LogP contribution in [0.2, 0.25) is 19.6 Å². The molecule has 0 fully saturated rings. The second-order valence-corrected chi connectivity index (χ2v) is 10.3. The minimum atomic E-state index is -1.54. The summed E-state index contributed by atoms with van der Waals surface area (Å²) in [5, 5.41) is 8.80. The van der Waals surface area contributed by atoms with Crippen LogP contribution < -0.4 is 0 Å². The second kappa shape index (κ2) is 5.41. The lowest BCUT2D eigenvalue weighted by Crippen LogP contribution is -2.40. The molecule has 1 N–H and O–H groups in total. The lowest BCUT2D eigenvalue weighted by atomic mass is 10.5. The van der Waals surface area contributed by atoms with E-state index in [2.05, 4.69) is 19.6 Å². The molecule has 0 bridgehead atoms. The topological polar surface area (TPSA) is 49.8 Å². The second-order valence-electron chi connectivity index (χ2n) is 3.93. The maximum atomic E-state index is 10.7. The Hall–Kier alpha value is -0.336. The number of carboxylic acid groups (broad SMARTS) is 1. The number of nitrogens with zero attached hydrogens (tertiary/aromatic N) is 1. The van der Waals surface area contributed by atoms with E-state index in [9.17, 15) is 4.79 Å². The predicted molar refractivity (Wildman–Crippen MR) is 58.0 cm³/mol. The molecule has 0 aromatic rings. The van der Waals surface area contributed by atoms with E-state index in [0.717, 1.165) is 6.42 Å². The molecule has 0 radical (unpaired) electrons. The molecule has 0 heterocycles. The molecule has 4 nitrogen and oxygen atoms in total. The van der Waals surface area contributed by atoms with E-state index in [1.54, 1.807) is 0 Å². The Labute approximate surface area is 83.0 Å². The monoisotopic (exact) mass is 221 g/mol. The molecule has 0 saturated carbocycles. The molecule has 0 aliphatic heterocycles. The normalized spacial score (nSPS) is 12.3. The highest BCUT2D eigenvalue weighted by molar-refractivity contribution is 6.73. The number of hydrogen-bond acceptors (Lipinski definition) is 2. The van der Waals surface area contributed by atoms with E-state index in [1.807, 2.05) is 6.92 Å². The van der Waals surface area contributed by atoms with Gasteiger partial charge in [0.15, 0.2) is 8.32 Å². The lowest BCUT2D eigenvalue weighted by molar-refractivity contribution is 0.169. The quantitative estimate of drug-likeness (QED) is 0.710. The van der Waals surface area contributed by atoms with E-state index in [4.69, 9.17) is 9.22 Å². The number of carbonyl (C=O) groups is 1. The third-order valence-electron chi connectivity index (χ3n) is 1.42. The fourth-order valence-corrected chi connectivity index (χ4v) is 3.49. The molecule has 13 heavy (non-hydrogen) atoms. The summed E-state index contributed by atoms with van der Waals surface area (Å²) in [6.45, 7) is 8.80. The molecule has 0 atom stereocenters. The number of amides is 1. The maximum Gasteiger partial charge on any atom is 0.400 e. The fraction of sp³-hybridized carbons (Fsp3) is 0.857. The van der Waals surface area contributed by atoms with Crippen LogP contribution >= 0.6 is 0 Å². The molecule has 1 amide bonds. The Balaban J connectivity index is 3.90. The number of hydrogen-bond donors (Lipinski definition) is 1. The first-order valence-corrected chi connectivity index (χ1v) is 9.10. The Bertz CT molecular complexity index is 170. The fourth-order valence-electron chi connectivity index (χ4n) is 0.757. The van der Waals surface area contributed by atoms with Gasteiger partial charge >= 0.3 is 6.09 Å². The Morgan fingerprint density at radius 2 is 2.08 bits per heavy atom. The summed E-state index contributed by atoms with van der Waals surface area (Å²) in [6.07, 6.45) is 0.0146. The van der Waals surface area contributed by atoms with Crippen LogP contribution in [0.3, 0.4) is 0 Å². The summed E-state index contributed by atoms with van der Waals surface area (Å²) in [4.78, 5) is 10.7. The molecule has 0 aliphatic rings. The van der Waals surface area contributed by atoms with Gasteiger partial charge in [0.1, 0.15) is 0 Å². The lowest BCUT2D eigenvalue weighted by Gasteiger charge is -2.24. The van der Waals surface area contributed by atoms with Gasteiger partial charge in [-0.3, -0.25) is 0 Å². The summed E-state index contributed by atoms with van der Waals surface area (Å²) in [6, 6.07) is 0. The first-order valence-electron chi connectivity index (χ1n) is 4.48. The van der Waals surface area contributed by atoms with Crippen LogP contribution in [-0.4, -0.2) is 40.6 Å². The third-order valence-corrected chi connectivity index (χ3v) is 6.30. The van der Waals surface area contributed by atoms with Crippen molar-refractivity contribution in [1.29, 1.82) is 0 Å². The molecule has 0 aromatic carbocycles. The minimum Gasteiger partial charge on any atom is -0.465 e. The Morgan fingerprint density at radius 1 is 1.54 bits per heavy atom. The highest BCUT2D eigenvalue weighted by Crippen LogP contribution is 2.02. The van der Waals surface area contributed by atoms with Crippen LogP contribution in [0.25, 0.3) is 0 Å². The van der Waals surface area contributed by atoms with Gasteiger partial charge in [0.2, 0.25) is 0 Å². The molecule has 0 unspecified atom stereocenters. The maximum absolute atomic E-state index is 10.7. The summed E-state index contributed by atoms with van der Waals surface area (Å²) >= 11 is 0. The van der Waals surface area contributed by atoms with Crippen molar-refractivity contribution in [1.82, 2.24) is 4.57 Å². The van der Waals surface area contributed by atoms with Gasteiger partial charge in [-0.1, -0.05) is 6.92 Å². The zero-order valence-electron chi connectivity index (χ0n) is 8.83. The van der Waals surface area contributed by atoms with Crippen molar-refractivity contribution in [2.75, 3.05) is 6.54 Å². The molecule has 0 aliphatic carbocycles. The van der Waals surface area contributed by atoms with Crippen LogP contribution in [0.1, 0.15) is 13.3 Å². The van der Waals surface area contributed by atoms with Crippen molar-refractivity contribution >= 4 is 24.3 Å². The molecular formula is C7H19NO3Si2. The highest BCUT2D eigenvalue weighted by atomic mass is 28.4. The average molecular weight is 221 g/mol. The molecule has 0 aromatic heterocycles. The van der Waals surface area contributed by atoms with Crippen LogP contribution in [-0.2, 0) is 4.12 Å². The molecular weight excluding hydrogens is 202 g/mol. The summed E-state index contributed by atoms with van der Waals surface area (Å²) in [7, 11) is -2.58. The van der Waals surface area contributed by atoms with Gasteiger partial charge in [0.25, 0.3) is 9.92 Å². The SMILES string of the molecule is CCCN([SiH2]O[Si](C)(C)C)C(=O)O. The van der Waals surface area contributed by atoms with E-state index >= 15 is 0 Å². The van der Waals surface area contributed by atoms with E-state index in [0.29, 0.717) is 6.54 Å². The van der Waals surface area contributed by atoms with Crippen LogP contribution in [0.15, 0.2) is 0 Å². The Morgan fingerprint density at radius 3 is 2.38 bits per heavy atom. The van der Waals surface area contributed by atoms with Gasteiger partial charge in [-0.05, 0) is 26.1 Å². The molecule has 6 heteroatoms. The molecule has 78 valence electrons. The van der Waals surface area contributed by atoms with Crippen molar-refractivity contribution in [2.24, 2.45) is 0 Å². The number of rotatable bonds is 5. The van der Waals surface area contributed by atoms with E-state index in [1.165, 1.54) is 4.57 Å².